The van der Waals surface area contributed by atoms with Crippen molar-refractivity contribution in [2.45, 2.75) is 25.8 Å². The molecule has 0 amide bonds. The molecule has 0 heterocycles. The first-order valence-electron chi connectivity index (χ1n) is 16.9. The Balaban J connectivity index is 1.11. The van der Waals surface area contributed by atoms with Crippen LogP contribution in [0.25, 0.3) is 16.3 Å². The predicted molar refractivity (Wildman–Crippen MR) is 199 cm³/mol. The molecule has 0 N–H and O–H groups in total. The molecule has 0 fully saturated rings. The molecule has 0 spiro atoms. The Hall–Kier alpha value is -5.34. The molecular weight excluding hydrogens is 569 g/mol. The SMILES string of the molecule is CC1CC(N(C2=CC3C=CC=CC3C=C2)C2C=CC=CC2)=CC=C1c1ccc(N(c2ccccc2)c2ccc3ccccc3c2)cc1. The van der Waals surface area contributed by atoms with Gasteiger partial charge in [0, 0.05) is 40.3 Å². The number of rotatable bonds is 7. The van der Waals surface area contributed by atoms with Crippen molar-refractivity contribution in [1.82, 2.24) is 4.90 Å². The molecule has 4 aromatic carbocycles. The van der Waals surface area contributed by atoms with Gasteiger partial charge in [0.05, 0.1) is 6.04 Å². The third kappa shape index (κ3) is 5.88. The van der Waals surface area contributed by atoms with Gasteiger partial charge in [-0.1, -0.05) is 134 Å². The molecule has 4 aromatic rings. The molecule has 0 saturated carbocycles. The molecule has 0 radical (unpaired) electrons. The third-order valence-corrected chi connectivity index (χ3v) is 9.92. The van der Waals surface area contributed by atoms with Crippen LogP contribution >= 0.6 is 0 Å². The van der Waals surface area contributed by atoms with Gasteiger partial charge in [0.15, 0.2) is 0 Å². The molecule has 0 aromatic heterocycles. The van der Waals surface area contributed by atoms with Gasteiger partial charge in [-0.2, -0.15) is 0 Å². The van der Waals surface area contributed by atoms with E-state index in [2.05, 4.69) is 193 Å². The van der Waals surface area contributed by atoms with E-state index in [-0.39, 0.29) is 0 Å². The van der Waals surface area contributed by atoms with Gasteiger partial charge in [0.2, 0.25) is 0 Å². The summed E-state index contributed by atoms with van der Waals surface area (Å²) in [5, 5.41) is 2.49. The van der Waals surface area contributed by atoms with Crippen molar-refractivity contribution >= 4 is 33.4 Å². The van der Waals surface area contributed by atoms with Gasteiger partial charge in [0.1, 0.15) is 0 Å². The Morgan fingerprint density at radius 3 is 2.13 bits per heavy atom. The Morgan fingerprint density at radius 2 is 1.34 bits per heavy atom. The van der Waals surface area contributed by atoms with E-state index in [1.807, 2.05) is 0 Å². The molecule has 0 saturated heterocycles. The van der Waals surface area contributed by atoms with E-state index in [0.29, 0.717) is 23.8 Å². The quantitative estimate of drug-likeness (QED) is 0.206. The fourth-order valence-electron chi connectivity index (χ4n) is 7.50. The van der Waals surface area contributed by atoms with Crippen molar-refractivity contribution in [3.63, 3.8) is 0 Å². The van der Waals surface area contributed by atoms with Crippen LogP contribution in [0.5, 0.6) is 0 Å². The summed E-state index contributed by atoms with van der Waals surface area (Å²) in [6.07, 6.45) is 32.0. The van der Waals surface area contributed by atoms with E-state index in [4.69, 9.17) is 0 Å². The molecule has 4 aliphatic rings. The van der Waals surface area contributed by atoms with Crippen molar-refractivity contribution in [2.75, 3.05) is 4.90 Å². The van der Waals surface area contributed by atoms with Crippen LogP contribution in [0, 0.1) is 17.8 Å². The minimum Gasteiger partial charge on any atom is -0.338 e. The number of hydrogen-bond donors (Lipinski definition) is 0. The Labute approximate surface area is 279 Å². The van der Waals surface area contributed by atoms with Gasteiger partial charge in [-0.3, -0.25) is 0 Å². The second-order valence-electron chi connectivity index (χ2n) is 13.0. The molecule has 2 heteroatoms. The summed E-state index contributed by atoms with van der Waals surface area (Å²) in [5.41, 5.74) is 8.84. The van der Waals surface area contributed by atoms with Crippen LogP contribution in [0.2, 0.25) is 0 Å². The zero-order chi connectivity index (χ0) is 31.6. The van der Waals surface area contributed by atoms with E-state index in [1.54, 1.807) is 0 Å². The summed E-state index contributed by atoms with van der Waals surface area (Å²) in [7, 11) is 0. The molecule has 0 bridgehead atoms. The largest absolute Gasteiger partial charge is 0.338 e. The van der Waals surface area contributed by atoms with Gasteiger partial charge in [-0.25, -0.2) is 0 Å². The summed E-state index contributed by atoms with van der Waals surface area (Å²) >= 11 is 0. The van der Waals surface area contributed by atoms with Gasteiger partial charge < -0.3 is 9.80 Å². The van der Waals surface area contributed by atoms with E-state index < -0.39 is 0 Å². The fraction of sp³-hybridized carbons (Fsp3) is 0.156. The fourth-order valence-corrected chi connectivity index (χ4v) is 7.50. The smallest absolute Gasteiger partial charge is 0.0556 e. The van der Waals surface area contributed by atoms with E-state index in [1.165, 1.54) is 33.3 Å². The lowest BCUT2D eigenvalue weighted by molar-refractivity contribution is 0.344. The first-order valence-corrected chi connectivity index (χ1v) is 16.9. The standard InChI is InChI=1S/C45H40N2/c1-33-30-42(47(40-18-6-3-7-19-40)44-27-21-35-13-9-11-15-38(35)32-44)28-29-45(33)36-22-24-41(25-23-36)46(39-16-4-2-5-17-39)43-26-20-34-12-8-10-14-37(34)31-43/h2-18,20-29,31-33,35,38,40H,19,30H2,1H3. The number of nitrogens with zero attached hydrogens (tertiary/aromatic N) is 2. The molecule has 0 aliphatic heterocycles. The topological polar surface area (TPSA) is 6.48 Å². The van der Waals surface area contributed by atoms with Crippen LogP contribution in [0.15, 0.2) is 187 Å². The van der Waals surface area contributed by atoms with E-state index >= 15 is 0 Å². The highest BCUT2D eigenvalue weighted by Crippen LogP contribution is 2.41. The second-order valence-corrected chi connectivity index (χ2v) is 13.0. The predicted octanol–water partition coefficient (Wildman–Crippen LogP) is 11.6. The Bertz CT molecular complexity index is 2020. The zero-order valence-electron chi connectivity index (χ0n) is 26.9. The van der Waals surface area contributed by atoms with Crippen LogP contribution in [-0.2, 0) is 0 Å². The van der Waals surface area contributed by atoms with Crippen LogP contribution in [0.1, 0.15) is 25.3 Å². The van der Waals surface area contributed by atoms with Gasteiger partial charge in [-0.15, -0.1) is 0 Å². The maximum absolute atomic E-state index is 2.59. The lowest BCUT2D eigenvalue weighted by Gasteiger charge is -2.39. The maximum Gasteiger partial charge on any atom is 0.0556 e. The molecule has 4 unspecified atom stereocenters. The van der Waals surface area contributed by atoms with Gasteiger partial charge in [-0.05, 0) is 89.2 Å². The molecule has 230 valence electrons. The average Bonchev–Trinajstić information content (AvgIpc) is 3.13. The van der Waals surface area contributed by atoms with Crippen molar-refractivity contribution in [3.05, 3.63) is 193 Å². The highest BCUT2D eigenvalue weighted by Gasteiger charge is 2.29. The first kappa shape index (κ1) is 29.1. The van der Waals surface area contributed by atoms with Gasteiger partial charge >= 0.3 is 0 Å². The summed E-state index contributed by atoms with van der Waals surface area (Å²) in [5.74, 6) is 1.28. The Morgan fingerprint density at radius 1 is 0.617 bits per heavy atom. The maximum atomic E-state index is 2.59. The number of allylic oxidation sites excluding steroid dienone is 13. The lowest BCUT2D eigenvalue weighted by atomic mass is 9.83. The number of benzene rings is 4. The van der Waals surface area contributed by atoms with Crippen LogP contribution in [0.3, 0.4) is 0 Å². The van der Waals surface area contributed by atoms with Crippen molar-refractivity contribution < 1.29 is 0 Å². The minimum atomic E-state index is 0.322. The second kappa shape index (κ2) is 12.8. The summed E-state index contributed by atoms with van der Waals surface area (Å²) in [6.45, 7) is 2.38. The first-order chi connectivity index (χ1) is 23.2. The van der Waals surface area contributed by atoms with Crippen molar-refractivity contribution in [1.29, 1.82) is 0 Å². The van der Waals surface area contributed by atoms with Crippen LogP contribution in [0.4, 0.5) is 17.1 Å². The highest BCUT2D eigenvalue weighted by atomic mass is 15.2. The molecular formula is C45H40N2. The van der Waals surface area contributed by atoms with E-state index in [0.717, 1.165) is 29.9 Å². The highest BCUT2D eigenvalue weighted by molar-refractivity contribution is 5.89. The van der Waals surface area contributed by atoms with Gasteiger partial charge in [0.25, 0.3) is 0 Å². The molecule has 47 heavy (non-hydrogen) atoms. The minimum absolute atomic E-state index is 0.322. The van der Waals surface area contributed by atoms with Crippen molar-refractivity contribution in [3.8, 4) is 0 Å². The molecule has 4 aliphatic carbocycles. The summed E-state index contributed by atoms with van der Waals surface area (Å²) < 4.78 is 0. The normalized spacial score (nSPS) is 22.8. The van der Waals surface area contributed by atoms with E-state index in [9.17, 15) is 0 Å². The third-order valence-electron chi connectivity index (χ3n) is 9.92. The zero-order valence-corrected chi connectivity index (χ0v) is 26.9. The molecule has 8 rings (SSSR count). The summed E-state index contributed by atoms with van der Waals surface area (Å²) in [4.78, 5) is 4.94. The lowest BCUT2D eigenvalue weighted by Crippen LogP contribution is -2.35. The van der Waals surface area contributed by atoms with Crippen LogP contribution < -0.4 is 4.90 Å². The summed E-state index contributed by atoms with van der Waals surface area (Å²) in [6, 6.07) is 35.4. The molecule has 4 atom stereocenters. The number of para-hydroxylation sites is 1. The van der Waals surface area contributed by atoms with Crippen molar-refractivity contribution in [2.24, 2.45) is 17.8 Å². The number of anilines is 3. The number of hydrogen-bond acceptors (Lipinski definition) is 2. The monoisotopic (exact) mass is 608 g/mol. The average molecular weight is 609 g/mol. The van der Waals surface area contributed by atoms with Crippen LogP contribution in [-0.4, -0.2) is 10.9 Å². The molecule has 2 nitrogen and oxygen atoms in total. The number of fused-ring (bicyclic) bond motifs is 2. The Kier molecular flexibility index (Phi) is 7.93.